The molecular weight excluding hydrogens is 313 g/mol. The molecule has 1 N–H and O–H groups in total. The van der Waals surface area contributed by atoms with E-state index in [2.05, 4.69) is 0 Å². The number of carbonyl (C=O) groups is 2. The van der Waals surface area contributed by atoms with E-state index in [-0.39, 0.29) is 11.8 Å². The van der Waals surface area contributed by atoms with Crippen LogP contribution in [0.2, 0.25) is 10.0 Å². The Balaban J connectivity index is 2.14. The molecule has 112 valence electrons. The number of hydrogen-bond donors (Lipinski definition) is 1. The highest BCUT2D eigenvalue weighted by molar-refractivity contribution is 6.35. The molecule has 1 heterocycles. The Kier molecular flexibility index (Phi) is 4.91. The van der Waals surface area contributed by atoms with Gasteiger partial charge in [-0.25, -0.2) is 4.79 Å². The van der Waals surface area contributed by atoms with Crippen molar-refractivity contribution in [2.24, 2.45) is 5.92 Å². The molecule has 1 fully saturated rings. The minimum Gasteiger partial charge on any atom is -0.480 e. The molecule has 2 atom stereocenters. The van der Waals surface area contributed by atoms with Gasteiger partial charge in [0.2, 0.25) is 5.91 Å². The third-order valence-corrected chi connectivity index (χ3v) is 4.17. The van der Waals surface area contributed by atoms with E-state index in [1.807, 2.05) is 6.92 Å². The first-order valence-electron chi connectivity index (χ1n) is 6.56. The van der Waals surface area contributed by atoms with Gasteiger partial charge in [0.05, 0.1) is 0 Å². The van der Waals surface area contributed by atoms with Crippen LogP contribution in [-0.2, 0) is 9.59 Å². The lowest BCUT2D eigenvalue weighted by atomic mass is 10.0. The van der Waals surface area contributed by atoms with Crippen molar-refractivity contribution in [1.29, 1.82) is 0 Å². The van der Waals surface area contributed by atoms with Gasteiger partial charge in [0.1, 0.15) is 6.04 Å². The molecule has 0 spiro atoms. The van der Waals surface area contributed by atoms with Crippen LogP contribution in [0.25, 0.3) is 6.08 Å². The molecule has 1 aliphatic heterocycles. The summed E-state index contributed by atoms with van der Waals surface area (Å²) in [5.74, 6) is -1.33. The number of aliphatic carboxylic acids is 1. The maximum absolute atomic E-state index is 12.2. The van der Waals surface area contributed by atoms with Gasteiger partial charge in [-0.1, -0.05) is 36.2 Å². The van der Waals surface area contributed by atoms with E-state index in [1.165, 1.54) is 11.0 Å². The summed E-state index contributed by atoms with van der Waals surface area (Å²) >= 11 is 11.8. The molecule has 0 radical (unpaired) electrons. The van der Waals surface area contributed by atoms with Crippen LogP contribution in [0.5, 0.6) is 0 Å². The molecular formula is C15H15Cl2NO3. The van der Waals surface area contributed by atoms with E-state index < -0.39 is 12.0 Å². The van der Waals surface area contributed by atoms with Crippen molar-refractivity contribution in [3.8, 4) is 0 Å². The second-order valence-corrected chi connectivity index (χ2v) is 5.92. The van der Waals surface area contributed by atoms with Crippen LogP contribution in [0.1, 0.15) is 18.9 Å². The fraction of sp³-hybridized carbons (Fsp3) is 0.333. The minimum atomic E-state index is -0.966. The van der Waals surface area contributed by atoms with Crippen LogP contribution in [-0.4, -0.2) is 34.5 Å². The van der Waals surface area contributed by atoms with Crippen molar-refractivity contribution in [3.63, 3.8) is 0 Å². The van der Waals surface area contributed by atoms with Crippen LogP contribution in [0.3, 0.4) is 0 Å². The zero-order valence-electron chi connectivity index (χ0n) is 11.4. The molecule has 1 aromatic carbocycles. The third-order valence-electron chi connectivity index (χ3n) is 3.60. The highest BCUT2D eigenvalue weighted by Crippen LogP contribution is 2.25. The van der Waals surface area contributed by atoms with E-state index in [9.17, 15) is 14.7 Å². The number of carboxylic acids is 1. The third kappa shape index (κ3) is 3.57. The zero-order valence-corrected chi connectivity index (χ0v) is 12.9. The Labute approximate surface area is 133 Å². The number of benzene rings is 1. The van der Waals surface area contributed by atoms with E-state index in [1.54, 1.807) is 24.3 Å². The number of carboxylic acid groups (broad SMARTS) is 1. The monoisotopic (exact) mass is 327 g/mol. The van der Waals surface area contributed by atoms with Gasteiger partial charge in [-0.05, 0) is 36.1 Å². The summed E-state index contributed by atoms with van der Waals surface area (Å²) in [4.78, 5) is 24.8. The van der Waals surface area contributed by atoms with Gasteiger partial charge >= 0.3 is 5.97 Å². The molecule has 1 aromatic rings. The quantitative estimate of drug-likeness (QED) is 0.866. The Morgan fingerprint density at radius 2 is 2.10 bits per heavy atom. The number of nitrogens with zero attached hydrogens (tertiary/aromatic N) is 1. The fourth-order valence-corrected chi connectivity index (χ4v) is 2.94. The van der Waals surface area contributed by atoms with Gasteiger partial charge in [0.15, 0.2) is 0 Å². The molecule has 6 heteroatoms. The summed E-state index contributed by atoms with van der Waals surface area (Å²) in [6, 6.07) is 4.21. The van der Waals surface area contributed by atoms with Gasteiger partial charge in [-0.15, -0.1) is 0 Å². The second-order valence-electron chi connectivity index (χ2n) is 5.08. The lowest BCUT2D eigenvalue weighted by Crippen LogP contribution is -2.42. The van der Waals surface area contributed by atoms with Crippen molar-refractivity contribution in [2.75, 3.05) is 6.54 Å². The van der Waals surface area contributed by atoms with Crippen LogP contribution in [0.4, 0.5) is 0 Å². The van der Waals surface area contributed by atoms with Crippen LogP contribution >= 0.6 is 23.2 Å². The average Bonchev–Trinajstić information content (AvgIpc) is 2.79. The summed E-state index contributed by atoms with van der Waals surface area (Å²) in [7, 11) is 0. The van der Waals surface area contributed by atoms with E-state index in [0.717, 1.165) is 0 Å². The molecule has 0 bridgehead atoms. The van der Waals surface area contributed by atoms with Gasteiger partial charge in [0.25, 0.3) is 0 Å². The summed E-state index contributed by atoms with van der Waals surface area (Å²) in [6.45, 7) is 2.29. The van der Waals surface area contributed by atoms with E-state index in [0.29, 0.717) is 28.6 Å². The summed E-state index contributed by atoms with van der Waals surface area (Å²) in [6.07, 6.45) is 3.62. The number of rotatable bonds is 3. The van der Waals surface area contributed by atoms with Gasteiger partial charge in [0, 0.05) is 22.7 Å². The maximum Gasteiger partial charge on any atom is 0.326 e. The Bertz CT molecular complexity index is 601. The Morgan fingerprint density at radius 1 is 1.38 bits per heavy atom. The highest BCUT2D eigenvalue weighted by Gasteiger charge is 2.38. The molecule has 0 saturated carbocycles. The largest absolute Gasteiger partial charge is 0.480 e. The van der Waals surface area contributed by atoms with Crippen LogP contribution < -0.4 is 0 Å². The number of hydrogen-bond acceptors (Lipinski definition) is 2. The maximum atomic E-state index is 12.2. The molecule has 21 heavy (non-hydrogen) atoms. The van der Waals surface area contributed by atoms with Crippen molar-refractivity contribution < 1.29 is 14.7 Å². The molecule has 4 nitrogen and oxygen atoms in total. The van der Waals surface area contributed by atoms with Gasteiger partial charge in [-0.3, -0.25) is 4.79 Å². The first-order chi connectivity index (χ1) is 9.90. The van der Waals surface area contributed by atoms with E-state index >= 15 is 0 Å². The molecule has 2 unspecified atom stereocenters. The predicted molar refractivity (Wildman–Crippen MR) is 82.4 cm³/mol. The topological polar surface area (TPSA) is 57.6 Å². The molecule has 0 aromatic heterocycles. The number of likely N-dealkylation sites (tertiary alicyclic amines) is 1. The van der Waals surface area contributed by atoms with Crippen molar-refractivity contribution in [2.45, 2.75) is 19.4 Å². The Morgan fingerprint density at radius 3 is 2.71 bits per heavy atom. The lowest BCUT2D eigenvalue weighted by molar-refractivity contribution is -0.147. The first kappa shape index (κ1) is 15.9. The summed E-state index contributed by atoms with van der Waals surface area (Å²) in [5, 5.41) is 10.2. The summed E-state index contributed by atoms with van der Waals surface area (Å²) < 4.78 is 0. The Hall–Kier alpha value is -1.52. The highest BCUT2D eigenvalue weighted by atomic mass is 35.5. The van der Waals surface area contributed by atoms with Crippen molar-refractivity contribution in [1.82, 2.24) is 4.90 Å². The fourth-order valence-electron chi connectivity index (χ4n) is 2.46. The van der Waals surface area contributed by atoms with Crippen LogP contribution in [0.15, 0.2) is 24.3 Å². The second kappa shape index (κ2) is 6.50. The normalized spacial score (nSPS) is 22.0. The number of carbonyl (C=O) groups excluding carboxylic acids is 1. The van der Waals surface area contributed by atoms with E-state index in [4.69, 9.17) is 23.2 Å². The lowest BCUT2D eigenvalue weighted by Gasteiger charge is -2.21. The summed E-state index contributed by atoms with van der Waals surface area (Å²) in [5.41, 5.74) is 0.661. The molecule has 2 rings (SSSR count). The number of amides is 1. The smallest absolute Gasteiger partial charge is 0.326 e. The van der Waals surface area contributed by atoms with Crippen LogP contribution in [0, 0.1) is 5.92 Å². The average molecular weight is 328 g/mol. The molecule has 0 aliphatic carbocycles. The van der Waals surface area contributed by atoms with Gasteiger partial charge < -0.3 is 10.0 Å². The molecule has 1 saturated heterocycles. The first-order valence-corrected chi connectivity index (χ1v) is 7.32. The SMILES string of the molecule is CC1CCN(C(=O)/C=C/c2ccc(Cl)cc2Cl)C1C(=O)O. The standard InChI is InChI=1S/C15H15Cl2NO3/c1-9-6-7-18(14(9)15(20)21)13(19)5-3-10-2-4-11(16)8-12(10)17/h2-5,8-9,14H,6-7H2,1H3,(H,20,21)/b5-3+. The van der Waals surface area contributed by atoms with Gasteiger partial charge in [-0.2, -0.15) is 0 Å². The minimum absolute atomic E-state index is 0.0426. The van der Waals surface area contributed by atoms with Crippen molar-refractivity contribution >= 4 is 41.2 Å². The molecule has 1 amide bonds. The van der Waals surface area contributed by atoms with Crippen molar-refractivity contribution in [3.05, 3.63) is 39.9 Å². The zero-order chi connectivity index (χ0) is 15.6. The predicted octanol–water partition coefficient (Wildman–Crippen LogP) is 3.33. The number of halogens is 2. The molecule has 1 aliphatic rings.